The van der Waals surface area contributed by atoms with Crippen molar-refractivity contribution in [3.8, 4) is 0 Å². The Balaban J connectivity index is 1.43. The van der Waals surface area contributed by atoms with Crippen molar-refractivity contribution >= 4 is 5.96 Å². The van der Waals surface area contributed by atoms with Crippen molar-refractivity contribution in [2.45, 2.75) is 57.0 Å². The van der Waals surface area contributed by atoms with Crippen LogP contribution in [0, 0.1) is 0 Å². The maximum absolute atomic E-state index is 5.40. The number of nitrogens with zero attached hydrogens (tertiary/aromatic N) is 2. The fraction of sp³-hybridized carbons (Fsp3) is 0.750. The van der Waals surface area contributed by atoms with Gasteiger partial charge in [-0.3, -0.25) is 4.99 Å². The van der Waals surface area contributed by atoms with Gasteiger partial charge in [0.05, 0.1) is 19.4 Å². The normalized spacial score (nSPS) is 20.6. The molecule has 0 bridgehead atoms. The van der Waals surface area contributed by atoms with Crippen LogP contribution in [-0.4, -0.2) is 62.8 Å². The molecule has 2 fully saturated rings. The Morgan fingerprint density at radius 1 is 1.27 bits per heavy atom. The summed E-state index contributed by atoms with van der Waals surface area (Å²) in [6, 6.07) is 5.29. The number of ether oxygens (including phenoxy) is 1. The molecule has 2 heterocycles. The maximum Gasteiger partial charge on any atom is 0.191 e. The van der Waals surface area contributed by atoms with Crippen LogP contribution >= 0.6 is 0 Å². The highest BCUT2D eigenvalue weighted by molar-refractivity contribution is 5.80. The highest BCUT2D eigenvalue weighted by Crippen LogP contribution is 2.26. The first-order chi connectivity index (χ1) is 12.8. The molecule has 26 heavy (non-hydrogen) atoms. The molecular formula is C20H34N4O2. The molecule has 1 saturated carbocycles. The quantitative estimate of drug-likeness (QED) is 0.422. The fourth-order valence-electron chi connectivity index (χ4n) is 4.03. The number of methoxy groups -OCH3 is 1. The molecule has 1 saturated heterocycles. The van der Waals surface area contributed by atoms with Crippen LogP contribution in [0.25, 0.3) is 0 Å². The van der Waals surface area contributed by atoms with E-state index in [4.69, 9.17) is 9.15 Å². The lowest BCUT2D eigenvalue weighted by molar-refractivity contribution is 0.150. The number of rotatable bonds is 8. The van der Waals surface area contributed by atoms with Crippen LogP contribution in [-0.2, 0) is 11.2 Å². The van der Waals surface area contributed by atoms with Crippen LogP contribution in [0.1, 0.15) is 44.3 Å². The van der Waals surface area contributed by atoms with Gasteiger partial charge < -0.3 is 24.7 Å². The number of hydrogen-bond donors (Lipinski definition) is 2. The van der Waals surface area contributed by atoms with Gasteiger partial charge in [-0.15, -0.1) is 0 Å². The molecule has 0 spiro atoms. The third kappa shape index (κ3) is 6.02. The zero-order valence-electron chi connectivity index (χ0n) is 16.1. The van der Waals surface area contributed by atoms with Gasteiger partial charge in [-0.25, -0.2) is 0 Å². The van der Waals surface area contributed by atoms with E-state index >= 15 is 0 Å². The smallest absolute Gasteiger partial charge is 0.191 e. The molecule has 6 heteroatoms. The first kappa shape index (κ1) is 19.2. The minimum atomic E-state index is 0.505. The summed E-state index contributed by atoms with van der Waals surface area (Å²) < 4.78 is 10.5. The van der Waals surface area contributed by atoms with Gasteiger partial charge in [0.2, 0.25) is 0 Å². The third-order valence-electron chi connectivity index (χ3n) is 5.52. The monoisotopic (exact) mass is 362 g/mol. The molecule has 6 nitrogen and oxygen atoms in total. The molecule has 2 N–H and O–H groups in total. The molecular weight excluding hydrogens is 328 g/mol. The minimum absolute atomic E-state index is 0.505. The largest absolute Gasteiger partial charge is 0.469 e. The number of hydrogen-bond acceptors (Lipinski definition) is 4. The van der Waals surface area contributed by atoms with Crippen molar-refractivity contribution < 1.29 is 9.15 Å². The highest BCUT2D eigenvalue weighted by Gasteiger charge is 2.27. The summed E-state index contributed by atoms with van der Waals surface area (Å²) in [6.45, 7) is 4.55. The number of nitrogens with one attached hydrogen (secondary N) is 2. The summed E-state index contributed by atoms with van der Waals surface area (Å²) >= 11 is 0. The molecule has 1 aromatic rings. The van der Waals surface area contributed by atoms with Crippen molar-refractivity contribution in [2.75, 3.05) is 39.9 Å². The second-order valence-corrected chi connectivity index (χ2v) is 7.37. The Labute approximate surface area is 157 Å². The number of furan rings is 1. The number of likely N-dealkylation sites (tertiary alicyclic amines) is 1. The second kappa shape index (κ2) is 10.6. The van der Waals surface area contributed by atoms with Crippen LogP contribution < -0.4 is 10.6 Å². The summed E-state index contributed by atoms with van der Waals surface area (Å²) in [6.07, 6.45) is 10.6. The first-order valence-corrected chi connectivity index (χ1v) is 10.2. The zero-order valence-corrected chi connectivity index (χ0v) is 16.1. The molecule has 3 rings (SSSR count). The molecule has 0 amide bonds. The SMILES string of the molecule is COCCN=C(NCCc1ccco1)NC1CCN(C2CCCC2)CC1. The van der Waals surface area contributed by atoms with E-state index in [-0.39, 0.29) is 0 Å². The molecule has 0 radical (unpaired) electrons. The summed E-state index contributed by atoms with van der Waals surface area (Å²) in [5.74, 6) is 1.89. The highest BCUT2D eigenvalue weighted by atomic mass is 16.5. The van der Waals surface area contributed by atoms with Crippen LogP contribution in [0.5, 0.6) is 0 Å². The van der Waals surface area contributed by atoms with Gasteiger partial charge in [-0.2, -0.15) is 0 Å². The predicted molar refractivity (Wildman–Crippen MR) is 105 cm³/mol. The van der Waals surface area contributed by atoms with E-state index in [9.17, 15) is 0 Å². The van der Waals surface area contributed by atoms with Crippen molar-refractivity contribution in [1.82, 2.24) is 15.5 Å². The van der Waals surface area contributed by atoms with Gasteiger partial charge in [-0.05, 0) is 37.8 Å². The fourth-order valence-corrected chi connectivity index (χ4v) is 4.03. The average Bonchev–Trinajstić information content (AvgIpc) is 3.36. The molecule has 1 aliphatic heterocycles. The van der Waals surface area contributed by atoms with Gasteiger partial charge in [-0.1, -0.05) is 12.8 Å². The molecule has 0 unspecified atom stereocenters. The lowest BCUT2D eigenvalue weighted by atomic mass is 10.0. The Kier molecular flexibility index (Phi) is 7.83. The van der Waals surface area contributed by atoms with E-state index in [1.807, 2.05) is 12.1 Å². The van der Waals surface area contributed by atoms with Gasteiger partial charge >= 0.3 is 0 Å². The van der Waals surface area contributed by atoms with E-state index < -0.39 is 0 Å². The number of piperidine rings is 1. The van der Waals surface area contributed by atoms with Crippen molar-refractivity contribution in [1.29, 1.82) is 0 Å². The predicted octanol–water partition coefficient (Wildman–Crippen LogP) is 2.41. The Morgan fingerprint density at radius 2 is 2.08 bits per heavy atom. The summed E-state index contributed by atoms with van der Waals surface area (Å²) in [7, 11) is 1.71. The van der Waals surface area contributed by atoms with Crippen LogP contribution in [0.15, 0.2) is 27.8 Å². The van der Waals surface area contributed by atoms with Crippen LogP contribution in [0.3, 0.4) is 0 Å². The summed E-state index contributed by atoms with van der Waals surface area (Å²) in [4.78, 5) is 7.35. The molecule has 0 aromatic carbocycles. The van der Waals surface area contributed by atoms with E-state index in [0.717, 1.165) is 30.7 Å². The Hall–Kier alpha value is -1.53. The Bertz CT molecular complexity index is 518. The molecule has 1 aromatic heterocycles. The molecule has 0 atom stereocenters. The molecule has 146 valence electrons. The summed E-state index contributed by atoms with van der Waals surface area (Å²) in [5.41, 5.74) is 0. The van der Waals surface area contributed by atoms with Crippen molar-refractivity contribution in [3.05, 3.63) is 24.2 Å². The van der Waals surface area contributed by atoms with Gasteiger partial charge in [0.1, 0.15) is 5.76 Å². The lowest BCUT2D eigenvalue weighted by Crippen LogP contribution is -2.50. The van der Waals surface area contributed by atoms with Crippen molar-refractivity contribution in [2.24, 2.45) is 4.99 Å². The first-order valence-electron chi connectivity index (χ1n) is 10.2. The van der Waals surface area contributed by atoms with Gasteiger partial charge in [0.25, 0.3) is 0 Å². The van der Waals surface area contributed by atoms with Crippen LogP contribution in [0.2, 0.25) is 0 Å². The van der Waals surface area contributed by atoms with Crippen LogP contribution in [0.4, 0.5) is 0 Å². The number of aliphatic imine (C=N–C) groups is 1. The Morgan fingerprint density at radius 3 is 2.77 bits per heavy atom. The summed E-state index contributed by atoms with van der Waals surface area (Å²) in [5, 5.41) is 7.07. The topological polar surface area (TPSA) is 62.0 Å². The standard InChI is InChI=1S/C20H34N4O2/c1-25-16-12-22-20(21-11-8-19-7-4-15-26-19)23-17-9-13-24(14-10-17)18-5-2-3-6-18/h4,7,15,17-18H,2-3,5-6,8-14,16H2,1H3,(H2,21,22,23). The molecule has 2 aliphatic rings. The maximum atomic E-state index is 5.40. The van der Waals surface area contributed by atoms with E-state index in [1.54, 1.807) is 13.4 Å². The average molecular weight is 363 g/mol. The zero-order chi connectivity index (χ0) is 18.0. The van der Waals surface area contributed by atoms with E-state index in [2.05, 4.69) is 20.5 Å². The second-order valence-electron chi connectivity index (χ2n) is 7.37. The lowest BCUT2D eigenvalue weighted by Gasteiger charge is -2.36. The molecule has 1 aliphatic carbocycles. The van der Waals surface area contributed by atoms with E-state index in [1.165, 1.54) is 51.6 Å². The minimum Gasteiger partial charge on any atom is -0.469 e. The van der Waals surface area contributed by atoms with Gasteiger partial charge in [0, 0.05) is 45.2 Å². The number of guanidine groups is 1. The van der Waals surface area contributed by atoms with E-state index in [0.29, 0.717) is 19.2 Å². The third-order valence-corrected chi connectivity index (χ3v) is 5.52. The van der Waals surface area contributed by atoms with Gasteiger partial charge in [0.15, 0.2) is 5.96 Å². The van der Waals surface area contributed by atoms with Crippen molar-refractivity contribution in [3.63, 3.8) is 0 Å².